The molecule has 1 N–H and O–H groups in total. The van der Waals surface area contributed by atoms with Crippen molar-refractivity contribution in [3.05, 3.63) is 77.5 Å². The van der Waals surface area contributed by atoms with Gasteiger partial charge in [-0.05, 0) is 37.1 Å². The van der Waals surface area contributed by atoms with E-state index in [0.29, 0.717) is 17.8 Å². The van der Waals surface area contributed by atoms with Crippen LogP contribution in [0.3, 0.4) is 0 Å². The second-order valence-corrected chi connectivity index (χ2v) is 7.18. The van der Waals surface area contributed by atoms with Crippen LogP contribution in [-0.4, -0.2) is 34.3 Å². The molecule has 0 aliphatic carbocycles. The minimum absolute atomic E-state index is 0.121. The van der Waals surface area contributed by atoms with Gasteiger partial charge in [0.1, 0.15) is 5.75 Å². The number of benzene rings is 2. The maximum absolute atomic E-state index is 13.1. The number of fused-ring (bicyclic) bond motifs is 1. The Morgan fingerprint density at radius 3 is 2.53 bits per heavy atom. The van der Waals surface area contributed by atoms with Crippen LogP contribution in [0.2, 0.25) is 0 Å². The molecule has 30 heavy (non-hydrogen) atoms. The minimum atomic E-state index is -0.121. The van der Waals surface area contributed by atoms with Crippen molar-refractivity contribution in [1.29, 1.82) is 0 Å². The summed E-state index contributed by atoms with van der Waals surface area (Å²) in [4.78, 5) is 17.9. The molecule has 0 saturated heterocycles. The van der Waals surface area contributed by atoms with E-state index in [1.165, 1.54) is 0 Å². The fourth-order valence-corrected chi connectivity index (χ4v) is 3.59. The van der Waals surface area contributed by atoms with Gasteiger partial charge in [-0.3, -0.25) is 9.48 Å². The number of amides is 1. The summed E-state index contributed by atoms with van der Waals surface area (Å²) in [5, 5.41) is 8.31. The number of aryl methyl sites for hydroxylation is 2. The van der Waals surface area contributed by atoms with E-state index in [9.17, 15) is 4.79 Å². The first kappa shape index (κ1) is 19.6. The van der Waals surface area contributed by atoms with Crippen molar-refractivity contribution in [2.24, 2.45) is 7.05 Å². The average molecular weight is 400 g/mol. The Morgan fingerprint density at radius 1 is 1.10 bits per heavy atom. The Bertz CT molecular complexity index is 1180. The molecule has 2 heterocycles. The monoisotopic (exact) mass is 400 g/mol. The van der Waals surface area contributed by atoms with Gasteiger partial charge in [0.05, 0.1) is 29.4 Å². The summed E-state index contributed by atoms with van der Waals surface area (Å²) in [6.45, 7) is 2.44. The number of hydrogen-bond donors (Lipinski definition) is 1. The molecule has 0 radical (unpaired) electrons. The van der Waals surface area contributed by atoms with Gasteiger partial charge in [0.15, 0.2) is 5.65 Å². The van der Waals surface area contributed by atoms with Gasteiger partial charge in [-0.2, -0.15) is 5.10 Å². The average Bonchev–Trinajstić information content (AvgIpc) is 3.07. The molecule has 0 aliphatic rings. The van der Waals surface area contributed by atoms with E-state index in [2.05, 4.69) is 10.4 Å². The standard InChI is InChI=1S/C24H24N4O2/c1-16-22-20(24(29)25-14-13-17-9-11-19(30-3)12-10-17)15-21(18-7-5-4-6-8-18)26-23(22)28(2)27-16/h4-12,15H,13-14H2,1-3H3,(H,25,29). The molecule has 2 aromatic carbocycles. The van der Waals surface area contributed by atoms with E-state index >= 15 is 0 Å². The number of pyridine rings is 1. The van der Waals surface area contributed by atoms with Crippen molar-refractivity contribution in [3.63, 3.8) is 0 Å². The van der Waals surface area contributed by atoms with Crippen molar-refractivity contribution < 1.29 is 9.53 Å². The van der Waals surface area contributed by atoms with E-state index in [4.69, 9.17) is 9.72 Å². The van der Waals surface area contributed by atoms with E-state index in [-0.39, 0.29) is 5.91 Å². The highest BCUT2D eigenvalue weighted by Gasteiger charge is 2.19. The van der Waals surface area contributed by atoms with Crippen molar-refractivity contribution in [2.75, 3.05) is 13.7 Å². The zero-order chi connectivity index (χ0) is 21.1. The lowest BCUT2D eigenvalue weighted by atomic mass is 10.0. The highest BCUT2D eigenvalue weighted by molar-refractivity contribution is 6.07. The van der Waals surface area contributed by atoms with Crippen LogP contribution in [-0.2, 0) is 13.5 Å². The molecular formula is C24H24N4O2. The SMILES string of the molecule is COc1ccc(CCNC(=O)c2cc(-c3ccccc3)nc3c2c(C)nn3C)cc1. The maximum atomic E-state index is 13.1. The van der Waals surface area contributed by atoms with E-state index < -0.39 is 0 Å². The second-order valence-electron chi connectivity index (χ2n) is 7.18. The predicted molar refractivity (Wildman–Crippen MR) is 118 cm³/mol. The number of methoxy groups -OCH3 is 1. The highest BCUT2D eigenvalue weighted by Crippen LogP contribution is 2.26. The molecule has 0 atom stereocenters. The Balaban J connectivity index is 1.60. The molecule has 6 nitrogen and oxygen atoms in total. The molecule has 0 spiro atoms. The molecule has 0 saturated carbocycles. The van der Waals surface area contributed by atoms with E-state index in [0.717, 1.165) is 40.1 Å². The van der Waals surface area contributed by atoms with Crippen LogP contribution in [0.5, 0.6) is 5.75 Å². The lowest BCUT2D eigenvalue weighted by Gasteiger charge is -2.10. The Hall–Kier alpha value is -3.67. The quantitative estimate of drug-likeness (QED) is 0.533. The number of nitrogens with zero attached hydrogens (tertiary/aromatic N) is 3. The molecule has 152 valence electrons. The van der Waals surface area contributed by atoms with E-state index in [1.807, 2.05) is 74.6 Å². The first-order valence-corrected chi connectivity index (χ1v) is 9.87. The molecular weight excluding hydrogens is 376 g/mol. The van der Waals surface area contributed by atoms with Gasteiger partial charge in [0.25, 0.3) is 5.91 Å². The third-order valence-corrected chi connectivity index (χ3v) is 5.14. The first-order valence-electron chi connectivity index (χ1n) is 9.87. The zero-order valence-corrected chi connectivity index (χ0v) is 17.3. The summed E-state index contributed by atoms with van der Waals surface area (Å²) in [6.07, 6.45) is 0.738. The van der Waals surface area contributed by atoms with Gasteiger partial charge in [0.2, 0.25) is 0 Å². The largest absolute Gasteiger partial charge is 0.497 e. The summed E-state index contributed by atoms with van der Waals surface area (Å²) in [5.74, 6) is 0.701. The molecule has 0 unspecified atom stereocenters. The van der Waals surface area contributed by atoms with Gasteiger partial charge in [0, 0.05) is 19.2 Å². The number of ether oxygens (including phenoxy) is 1. The maximum Gasteiger partial charge on any atom is 0.252 e. The van der Waals surface area contributed by atoms with Gasteiger partial charge in [-0.25, -0.2) is 4.98 Å². The normalized spacial score (nSPS) is 10.9. The van der Waals surface area contributed by atoms with Crippen LogP contribution in [0.25, 0.3) is 22.3 Å². The lowest BCUT2D eigenvalue weighted by molar-refractivity contribution is 0.0955. The molecule has 4 aromatic rings. The Kier molecular flexibility index (Phi) is 5.48. The van der Waals surface area contributed by atoms with Crippen molar-refractivity contribution in [2.45, 2.75) is 13.3 Å². The van der Waals surface area contributed by atoms with Crippen LogP contribution in [0.15, 0.2) is 60.7 Å². The van der Waals surface area contributed by atoms with Crippen LogP contribution >= 0.6 is 0 Å². The predicted octanol–water partition coefficient (Wildman–Crippen LogP) is 3.92. The summed E-state index contributed by atoms with van der Waals surface area (Å²) >= 11 is 0. The molecule has 0 fully saturated rings. The number of aromatic nitrogens is 3. The fraction of sp³-hybridized carbons (Fsp3) is 0.208. The van der Waals surface area contributed by atoms with Crippen LogP contribution < -0.4 is 10.1 Å². The third-order valence-electron chi connectivity index (χ3n) is 5.14. The molecule has 6 heteroatoms. The molecule has 2 aromatic heterocycles. The van der Waals surface area contributed by atoms with Gasteiger partial charge >= 0.3 is 0 Å². The summed E-state index contributed by atoms with van der Waals surface area (Å²) < 4.78 is 6.92. The second kappa shape index (κ2) is 8.37. The van der Waals surface area contributed by atoms with Crippen LogP contribution in [0.1, 0.15) is 21.6 Å². The van der Waals surface area contributed by atoms with E-state index in [1.54, 1.807) is 11.8 Å². The Labute approximate surface area is 175 Å². The number of carbonyl (C=O) groups is 1. The first-order chi connectivity index (χ1) is 14.6. The van der Waals surface area contributed by atoms with Gasteiger partial charge in [-0.15, -0.1) is 0 Å². The van der Waals surface area contributed by atoms with Crippen LogP contribution in [0.4, 0.5) is 0 Å². The number of hydrogen-bond acceptors (Lipinski definition) is 4. The topological polar surface area (TPSA) is 69.0 Å². The molecule has 0 bridgehead atoms. The van der Waals surface area contributed by atoms with Crippen molar-refractivity contribution in [1.82, 2.24) is 20.1 Å². The lowest BCUT2D eigenvalue weighted by Crippen LogP contribution is -2.26. The highest BCUT2D eigenvalue weighted by atomic mass is 16.5. The summed E-state index contributed by atoms with van der Waals surface area (Å²) in [6, 6.07) is 19.6. The minimum Gasteiger partial charge on any atom is -0.497 e. The van der Waals surface area contributed by atoms with Gasteiger partial charge in [-0.1, -0.05) is 42.5 Å². The smallest absolute Gasteiger partial charge is 0.252 e. The molecule has 1 amide bonds. The van der Waals surface area contributed by atoms with Crippen molar-refractivity contribution in [3.8, 4) is 17.0 Å². The number of nitrogens with one attached hydrogen (secondary N) is 1. The van der Waals surface area contributed by atoms with Gasteiger partial charge < -0.3 is 10.1 Å². The Morgan fingerprint density at radius 2 is 1.83 bits per heavy atom. The fourth-order valence-electron chi connectivity index (χ4n) is 3.59. The number of carbonyl (C=O) groups excluding carboxylic acids is 1. The summed E-state index contributed by atoms with van der Waals surface area (Å²) in [5.41, 5.74) is 4.95. The third kappa shape index (κ3) is 3.89. The molecule has 0 aliphatic heterocycles. The summed E-state index contributed by atoms with van der Waals surface area (Å²) in [7, 11) is 3.50. The molecule has 4 rings (SSSR count). The number of rotatable bonds is 6. The van der Waals surface area contributed by atoms with Crippen LogP contribution in [0, 0.1) is 6.92 Å². The zero-order valence-electron chi connectivity index (χ0n) is 17.3. The van der Waals surface area contributed by atoms with Crippen molar-refractivity contribution >= 4 is 16.9 Å².